The number of benzene rings is 4. The van der Waals surface area contributed by atoms with Crippen molar-refractivity contribution in [2.45, 2.75) is 6.29 Å². The van der Waals surface area contributed by atoms with Crippen LogP contribution in [-0.4, -0.2) is 24.4 Å². The van der Waals surface area contributed by atoms with E-state index in [-0.39, 0.29) is 10.6 Å². The lowest BCUT2D eigenvalue weighted by atomic mass is 10.2. The third-order valence-corrected chi connectivity index (χ3v) is 6.01. The van der Waals surface area contributed by atoms with Crippen LogP contribution in [0.25, 0.3) is 0 Å². The fourth-order valence-corrected chi connectivity index (χ4v) is 3.80. The van der Waals surface area contributed by atoms with E-state index in [4.69, 9.17) is 60.6 Å². The Morgan fingerprint density at radius 1 is 0.692 bits per heavy atom. The second-order valence-corrected chi connectivity index (χ2v) is 9.51. The number of hydrogen-bond donors (Lipinski definition) is 1. The second-order valence-electron chi connectivity index (χ2n) is 7.79. The molecule has 0 radical (unpaired) electrons. The standard InChI is InChI=1S/C28H18Cl4N2O5/c29-18-3-10-22(11-4-18)38-28(39-23-12-5-19(30)6-13-23)26(35)34-33-16-17-1-8-21(9-2-17)37-27(36)24-14-7-20(31)15-25(24)32/h1-16,28H,(H,34,35)/b33-16+. The van der Waals surface area contributed by atoms with Crippen LogP contribution in [0, 0.1) is 0 Å². The maximum absolute atomic E-state index is 12.8. The van der Waals surface area contributed by atoms with E-state index >= 15 is 0 Å². The molecule has 0 unspecified atom stereocenters. The molecule has 39 heavy (non-hydrogen) atoms. The van der Waals surface area contributed by atoms with Crippen molar-refractivity contribution in [2.75, 3.05) is 0 Å². The predicted octanol–water partition coefficient (Wildman–Crippen LogP) is 7.45. The molecular formula is C28H18Cl4N2O5. The van der Waals surface area contributed by atoms with Crippen LogP contribution in [0.15, 0.2) is 96.1 Å². The van der Waals surface area contributed by atoms with Crippen molar-refractivity contribution in [1.29, 1.82) is 0 Å². The Kier molecular flexibility index (Phi) is 9.68. The van der Waals surface area contributed by atoms with Gasteiger partial charge in [0.2, 0.25) is 0 Å². The molecule has 0 spiro atoms. The minimum absolute atomic E-state index is 0.186. The molecule has 0 heterocycles. The fraction of sp³-hybridized carbons (Fsp3) is 0.0357. The van der Waals surface area contributed by atoms with E-state index in [9.17, 15) is 9.59 Å². The fourth-order valence-electron chi connectivity index (χ4n) is 3.07. The highest BCUT2D eigenvalue weighted by atomic mass is 35.5. The number of rotatable bonds is 9. The van der Waals surface area contributed by atoms with E-state index < -0.39 is 18.2 Å². The number of esters is 1. The van der Waals surface area contributed by atoms with Gasteiger partial charge in [0.1, 0.15) is 17.2 Å². The third-order valence-electron chi connectivity index (χ3n) is 4.96. The van der Waals surface area contributed by atoms with Gasteiger partial charge in [0.25, 0.3) is 0 Å². The predicted molar refractivity (Wildman–Crippen MR) is 152 cm³/mol. The first-order chi connectivity index (χ1) is 18.8. The molecule has 0 aliphatic carbocycles. The largest absolute Gasteiger partial charge is 0.446 e. The molecule has 4 rings (SSSR count). The van der Waals surface area contributed by atoms with Crippen LogP contribution in [0.2, 0.25) is 20.1 Å². The van der Waals surface area contributed by atoms with E-state index in [1.807, 2.05) is 0 Å². The van der Waals surface area contributed by atoms with Gasteiger partial charge in [-0.3, -0.25) is 4.79 Å². The molecule has 0 saturated carbocycles. The highest BCUT2D eigenvalue weighted by molar-refractivity contribution is 6.36. The molecule has 0 aromatic heterocycles. The van der Waals surface area contributed by atoms with Crippen molar-refractivity contribution in [3.05, 3.63) is 122 Å². The van der Waals surface area contributed by atoms with Crippen LogP contribution >= 0.6 is 46.4 Å². The van der Waals surface area contributed by atoms with Gasteiger partial charge in [-0.1, -0.05) is 46.4 Å². The third kappa shape index (κ3) is 8.37. The summed E-state index contributed by atoms with van der Waals surface area (Å²) in [6.07, 6.45) is 0.0345. The van der Waals surface area contributed by atoms with Gasteiger partial charge >= 0.3 is 18.2 Å². The highest BCUT2D eigenvalue weighted by Crippen LogP contribution is 2.23. The first-order valence-electron chi connectivity index (χ1n) is 11.2. The molecule has 0 aliphatic rings. The summed E-state index contributed by atoms with van der Waals surface area (Å²) in [5.74, 6) is -0.274. The zero-order valence-corrected chi connectivity index (χ0v) is 22.8. The molecule has 11 heteroatoms. The summed E-state index contributed by atoms with van der Waals surface area (Å²) in [5, 5.41) is 5.59. The number of nitrogens with one attached hydrogen (secondary N) is 1. The topological polar surface area (TPSA) is 86.2 Å². The second kappa shape index (κ2) is 13.4. The number of carbonyl (C=O) groups is 2. The first-order valence-corrected chi connectivity index (χ1v) is 12.7. The van der Waals surface area contributed by atoms with Crippen molar-refractivity contribution in [1.82, 2.24) is 5.43 Å². The number of hydrogen-bond acceptors (Lipinski definition) is 6. The van der Waals surface area contributed by atoms with Gasteiger partial charge in [-0.2, -0.15) is 5.10 Å². The molecule has 0 fully saturated rings. The summed E-state index contributed by atoms with van der Waals surface area (Å²) in [4.78, 5) is 25.2. The quantitative estimate of drug-likeness (QED) is 0.0706. The maximum atomic E-state index is 12.8. The Morgan fingerprint density at radius 3 is 1.74 bits per heavy atom. The van der Waals surface area contributed by atoms with Crippen LogP contribution in [0.4, 0.5) is 0 Å². The first kappa shape index (κ1) is 28.3. The Morgan fingerprint density at radius 2 is 1.21 bits per heavy atom. The lowest BCUT2D eigenvalue weighted by Gasteiger charge is -2.19. The summed E-state index contributed by atoms with van der Waals surface area (Å²) in [6.45, 7) is 0. The van der Waals surface area contributed by atoms with Crippen LogP contribution in [0.5, 0.6) is 17.2 Å². The number of carbonyl (C=O) groups excluding carboxylic acids is 2. The highest BCUT2D eigenvalue weighted by Gasteiger charge is 2.23. The van der Waals surface area contributed by atoms with E-state index in [0.29, 0.717) is 37.9 Å². The SMILES string of the molecule is O=C(Oc1ccc(/C=N/NC(=O)C(Oc2ccc(Cl)cc2)Oc2ccc(Cl)cc2)cc1)c1ccc(Cl)cc1Cl. The molecule has 0 atom stereocenters. The number of amides is 1. The van der Waals surface area contributed by atoms with Gasteiger partial charge < -0.3 is 14.2 Å². The molecule has 1 N–H and O–H groups in total. The molecule has 198 valence electrons. The van der Waals surface area contributed by atoms with Crippen molar-refractivity contribution in [2.24, 2.45) is 5.10 Å². The molecule has 0 saturated heterocycles. The van der Waals surface area contributed by atoms with Gasteiger partial charge in [-0.05, 0) is 96.6 Å². The van der Waals surface area contributed by atoms with E-state index in [1.54, 1.807) is 78.9 Å². The maximum Gasteiger partial charge on any atom is 0.345 e. The summed E-state index contributed by atoms with van der Waals surface area (Å²) < 4.78 is 16.8. The normalized spacial score (nSPS) is 10.9. The van der Waals surface area contributed by atoms with Gasteiger partial charge in [0.15, 0.2) is 0 Å². The number of nitrogens with zero attached hydrogens (tertiary/aromatic N) is 1. The minimum atomic E-state index is -1.37. The summed E-state index contributed by atoms with van der Waals surface area (Å²) in [5.41, 5.74) is 3.20. The van der Waals surface area contributed by atoms with E-state index in [2.05, 4.69) is 10.5 Å². The Hall–Kier alpha value is -3.75. The van der Waals surface area contributed by atoms with Gasteiger partial charge in [-0.25, -0.2) is 10.2 Å². The Balaban J connectivity index is 1.38. The number of halogens is 4. The molecule has 0 bridgehead atoms. The van der Waals surface area contributed by atoms with Crippen molar-refractivity contribution in [3.63, 3.8) is 0 Å². The average molecular weight is 604 g/mol. The van der Waals surface area contributed by atoms with Gasteiger partial charge in [-0.15, -0.1) is 0 Å². The monoisotopic (exact) mass is 602 g/mol. The number of hydrazone groups is 1. The van der Waals surface area contributed by atoms with Gasteiger partial charge in [0, 0.05) is 15.1 Å². The van der Waals surface area contributed by atoms with Crippen LogP contribution in [0.1, 0.15) is 15.9 Å². The Labute approximate surface area is 243 Å². The minimum Gasteiger partial charge on any atom is -0.446 e. The van der Waals surface area contributed by atoms with Crippen LogP contribution in [-0.2, 0) is 4.79 Å². The van der Waals surface area contributed by atoms with E-state index in [0.717, 1.165) is 0 Å². The molecule has 1 amide bonds. The zero-order valence-electron chi connectivity index (χ0n) is 19.8. The zero-order chi connectivity index (χ0) is 27.8. The van der Waals surface area contributed by atoms with Crippen LogP contribution in [0.3, 0.4) is 0 Å². The molecule has 4 aromatic rings. The molecule has 0 aliphatic heterocycles. The summed E-state index contributed by atoms with van der Waals surface area (Å²) >= 11 is 23.8. The lowest BCUT2D eigenvalue weighted by molar-refractivity contribution is -0.140. The Bertz CT molecular complexity index is 1430. The van der Waals surface area contributed by atoms with Gasteiger partial charge in [0.05, 0.1) is 16.8 Å². The molecular weight excluding hydrogens is 586 g/mol. The molecule has 7 nitrogen and oxygen atoms in total. The number of ether oxygens (including phenoxy) is 3. The summed E-state index contributed by atoms with van der Waals surface area (Å²) in [7, 11) is 0. The average Bonchev–Trinajstić information content (AvgIpc) is 2.91. The molecule has 4 aromatic carbocycles. The lowest BCUT2D eigenvalue weighted by Crippen LogP contribution is -2.40. The van der Waals surface area contributed by atoms with Crippen molar-refractivity contribution >= 4 is 64.5 Å². The van der Waals surface area contributed by atoms with Crippen molar-refractivity contribution < 1.29 is 23.8 Å². The van der Waals surface area contributed by atoms with Crippen LogP contribution < -0.4 is 19.6 Å². The van der Waals surface area contributed by atoms with Crippen molar-refractivity contribution in [3.8, 4) is 17.2 Å². The van der Waals surface area contributed by atoms with E-state index in [1.165, 1.54) is 18.3 Å². The summed E-state index contributed by atoms with van der Waals surface area (Å²) in [6, 6.07) is 23.8. The smallest absolute Gasteiger partial charge is 0.345 e.